The van der Waals surface area contributed by atoms with Gasteiger partial charge < -0.3 is 19.7 Å². The molecule has 0 amide bonds. The Morgan fingerprint density at radius 3 is 1.32 bits per heavy atom. The summed E-state index contributed by atoms with van der Waals surface area (Å²) in [6, 6.07) is 0. The lowest BCUT2D eigenvalue weighted by atomic mass is 9.67. The number of carbonyl (C=O) groups is 4. The zero-order valence-corrected chi connectivity index (χ0v) is 27.9. The van der Waals surface area contributed by atoms with Gasteiger partial charge in [-0.05, 0) is 49.4 Å². The minimum atomic E-state index is -0.917. The van der Waals surface area contributed by atoms with Crippen molar-refractivity contribution in [2.24, 2.45) is 32.7 Å². The maximum atomic E-state index is 12.9. The first-order valence-electron chi connectivity index (χ1n) is 15.8. The molecule has 2 unspecified atom stereocenters. The average Bonchev–Trinajstić information content (AvgIpc) is 2.93. The summed E-state index contributed by atoms with van der Waals surface area (Å²) in [6.45, 7) is 12.2. The molecule has 0 aromatic carbocycles. The number of aliphatic hydroxyl groups is 2. The number of esters is 2. The number of rotatable bonds is 15. The topological polar surface area (TPSA) is 152 Å². The zero-order chi connectivity index (χ0) is 33.2. The summed E-state index contributed by atoms with van der Waals surface area (Å²) in [5.74, 6) is -3.89. The van der Waals surface area contributed by atoms with Crippen LogP contribution < -0.4 is 0 Å². The maximum Gasteiger partial charge on any atom is 0.316 e. The van der Waals surface area contributed by atoms with Crippen LogP contribution in [0.2, 0.25) is 0 Å². The van der Waals surface area contributed by atoms with Crippen LogP contribution in [0, 0.1) is 22.7 Å². The van der Waals surface area contributed by atoms with E-state index in [-0.39, 0.29) is 47.1 Å². The maximum absolute atomic E-state index is 12.9. The number of unbranched alkanes of at least 4 members (excludes halogenated alkanes) is 3. The first-order valence-corrected chi connectivity index (χ1v) is 15.8. The van der Waals surface area contributed by atoms with E-state index < -0.39 is 34.6 Å². The van der Waals surface area contributed by atoms with E-state index in [4.69, 9.17) is 19.5 Å². The molecule has 2 atom stereocenters. The van der Waals surface area contributed by atoms with Gasteiger partial charge in [-0.15, -0.1) is 0 Å². The summed E-state index contributed by atoms with van der Waals surface area (Å²) in [5, 5.41) is 22.1. The van der Waals surface area contributed by atoms with Gasteiger partial charge >= 0.3 is 11.9 Å². The summed E-state index contributed by atoms with van der Waals surface area (Å²) < 4.78 is 9.84. The number of ether oxygens (including phenoxy) is 2. The quantitative estimate of drug-likeness (QED) is 0.162. The highest BCUT2D eigenvalue weighted by Gasteiger charge is 2.48. The molecule has 0 saturated carbocycles. The van der Waals surface area contributed by atoms with Gasteiger partial charge in [0.05, 0.1) is 25.4 Å². The van der Waals surface area contributed by atoms with Gasteiger partial charge in [0.25, 0.3) is 0 Å². The van der Waals surface area contributed by atoms with Crippen LogP contribution in [0.15, 0.2) is 32.6 Å². The Balaban J connectivity index is 2.09. The first kappa shape index (κ1) is 36.9. The molecule has 0 bridgehead atoms. The number of ketones is 2. The molecule has 0 spiro atoms. The van der Waals surface area contributed by atoms with Gasteiger partial charge in [-0.3, -0.25) is 29.2 Å². The molecule has 0 radical (unpaired) electrons. The van der Waals surface area contributed by atoms with Gasteiger partial charge in [0.2, 0.25) is 0 Å². The molecule has 2 aliphatic rings. The third-order valence-electron chi connectivity index (χ3n) is 8.50. The van der Waals surface area contributed by atoms with E-state index in [1.54, 1.807) is 0 Å². The minimum Gasteiger partial charge on any atom is -0.511 e. The summed E-state index contributed by atoms with van der Waals surface area (Å²) in [7, 11) is 2.55. The Morgan fingerprint density at radius 2 is 1.02 bits per heavy atom. The van der Waals surface area contributed by atoms with Crippen molar-refractivity contribution in [3.8, 4) is 0 Å². The molecule has 2 N–H and O–H groups in total. The number of aliphatic hydroxyl groups excluding tert-OH is 2. The Hall–Kier alpha value is -3.30. The van der Waals surface area contributed by atoms with Gasteiger partial charge in [-0.1, -0.05) is 54.4 Å². The lowest BCUT2D eigenvalue weighted by Crippen LogP contribution is -2.42. The van der Waals surface area contributed by atoms with Crippen molar-refractivity contribution in [3.63, 3.8) is 0 Å². The Kier molecular flexibility index (Phi) is 13.5. The van der Waals surface area contributed by atoms with Crippen molar-refractivity contribution < 1.29 is 38.9 Å². The van der Waals surface area contributed by atoms with Crippen molar-refractivity contribution in [2.45, 2.75) is 106 Å². The van der Waals surface area contributed by atoms with Crippen LogP contribution >= 0.6 is 0 Å². The van der Waals surface area contributed by atoms with E-state index in [0.29, 0.717) is 50.2 Å². The largest absolute Gasteiger partial charge is 0.511 e. The normalized spacial score (nSPS) is 23.2. The van der Waals surface area contributed by atoms with Gasteiger partial charge in [0.15, 0.2) is 11.6 Å². The predicted octanol–water partition coefficient (Wildman–Crippen LogP) is 6.23. The van der Waals surface area contributed by atoms with Crippen LogP contribution in [0.25, 0.3) is 0 Å². The summed E-state index contributed by atoms with van der Waals surface area (Å²) in [4.78, 5) is 60.2. The summed E-state index contributed by atoms with van der Waals surface area (Å²) in [6.07, 6.45) is 5.78. The molecule has 0 saturated heterocycles. The number of methoxy groups -OCH3 is 2. The molecular formula is C34H52N2O8. The van der Waals surface area contributed by atoms with Crippen LogP contribution in [0.3, 0.4) is 0 Å². The molecule has 246 valence electrons. The number of aliphatic imine (C=N–C) groups is 2. The van der Waals surface area contributed by atoms with E-state index >= 15 is 0 Å². The van der Waals surface area contributed by atoms with E-state index in [0.717, 1.165) is 25.7 Å². The molecule has 0 aromatic heterocycles. The van der Waals surface area contributed by atoms with E-state index in [1.165, 1.54) is 14.2 Å². The Bertz CT molecular complexity index is 1130. The molecule has 10 nitrogen and oxygen atoms in total. The van der Waals surface area contributed by atoms with Gasteiger partial charge in [0, 0.05) is 37.4 Å². The molecular weight excluding hydrogens is 564 g/mol. The number of hydrogen-bond acceptors (Lipinski definition) is 10. The third kappa shape index (κ3) is 8.66. The number of carbonyl (C=O) groups excluding carboxylic acids is 4. The predicted molar refractivity (Wildman–Crippen MR) is 170 cm³/mol. The molecule has 44 heavy (non-hydrogen) atoms. The van der Waals surface area contributed by atoms with Crippen LogP contribution in [0.5, 0.6) is 0 Å². The Labute approximate surface area is 262 Å². The molecule has 10 heteroatoms. The smallest absolute Gasteiger partial charge is 0.316 e. The summed E-state index contributed by atoms with van der Waals surface area (Å²) in [5.41, 5.74) is 0.0856. The van der Waals surface area contributed by atoms with Crippen LogP contribution in [0.4, 0.5) is 0 Å². The lowest BCUT2D eigenvalue weighted by molar-refractivity contribution is -0.150. The van der Waals surface area contributed by atoms with Crippen LogP contribution in [0.1, 0.15) is 106 Å². The SMILES string of the molecule is CCCC(=O)C1=C(O)C(C(=O)OC)C(C)(C)CC1=NCCCCCCN=C1CC(C)(C)C(C(=O)OC)C(O)=C1C(=O)CCC. The molecule has 2 aliphatic carbocycles. The molecule has 2 rings (SSSR count). The van der Waals surface area contributed by atoms with E-state index in [9.17, 15) is 29.4 Å². The first-order chi connectivity index (χ1) is 20.7. The number of allylic oxidation sites excluding steroid dienone is 2. The third-order valence-corrected chi connectivity index (χ3v) is 8.50. The lowest BCUT2D eigenvalue weighted by Gasteiger charge is -2.37. The number of hydrogen-bond donors (Lipinski definition) is 2. The van der Waals surface area contributed by atoms with E-state index in [2.05, 4.69) is 0 Å². The average molecular weight is 617 g/mol. The molecule has 0 heterocycles. The fourth-order valence-corrected chi connectivity index (χ4v) is 6.25. The highest BCUT2D eigenvalue weighted by atomic mass is 16.5. The standard InChI is InChI=1S/C34H52N2O8/c1-9-15-23(37)25-21(19-33(3,4)27(29(25)39)31(41)43-7)35-17-13-11-12-14-18-36-22-20-34(5,6)28(32(42)44-8)30(40)26(22)24(38)16-10-2/h27-28,39-40H,9-20H2,1-8H3. The van der Waals surface area contributed by atoms with Gasteiger partial charge in [-0.25, -0.2) is 0 Å². The van der Waals surface area contributed by atoms with Crippen molar-refractivity contribution in [1.82, 2.24) is 0 Å². The Morgan fingerprint density at radius 1 is 0.682 bits per heavy atom. The number of Topliss-reactive ketones (excluding diaryl/α,β-unsaturated/α-hetero) is 2. The molecule has 0 aromatic rings. The second kappa shape index (κ2) is 16.1. The second-order valence-corrected chi connectivity index (χ2v) is 13.2. The van der Waals surface area contributed by atoms with Crippen molar-refractivity contribution in [2.75, 3.05) is 27.3 Å². The molecule has 0 aliphatic heterocycles. The monoisotopic (exact) mass is 616 g/mol. The summed E-state index contributed by atoms with van der Waals surface area (Å²) >= 11 is 0. The van der Waals surface area contributed by atoms with Crippen molar-refractivity contribution >= 4 is 34.9 Å². The minimum absolute atomic E-state index is 0.159. The van der Waals surface area contributed by atoms with E-state index in [1.807, 2.05) is 41.5 Å². The van der Waals surface area contributed by atoms with Crippen molar-refractivity contribution in [3.05, 3.63) is 22.7 Å². The number of nitrogens with zero attached hydrogens (tertiary/aromatic N) is 2. The zero-order valence-electron chi connectivity index (χ0n) is 27.9. The molecule has 0 fully saturated rings. The fraction of sp³-hybridized carbons (Fsp3) is 0.706. The highest BCUT2D eigenvalue weighted by molar-refractivity contribution is 6.24. The van der Waals surface area contributed by atoms with Crippen molar-refractivity contribution in [1.29, 1.82) is 0 Å². The van der Waals surface area contributed by atoms with Crippen LogP contribution in [-0.2, 0) is 28.7 Å². The van der Waals surface area contributed by atoms with Crippen LogP contribution in [-0.4, -0.2) is 72.5 Å². The second-order valence-electron chi connectivity index (χ2n) is 13.2. The van der Waals surface area contributed by atoms with Gasteiger partial charge in [0.1, 0.15) is 23.4 Å². The van der Waals surface area contributed by atoms with Gasteiger partial charge in [-0.2, -0.15) is 0 Å². The highest BCUT2D eigenvalue weighted by Crippen LogP contribution is 2.44. The fourth-order valence-electron chi connectivity index (χ4n) is 6.25.